The fourth-order valence-electron chi connectivity index (χ4n) is 2.15. The van der Waals surface area contributed by atoms with E-state index in [1.807, 2.05) is 0 Å². The second-order valence-corrected chi connectivity index (χ2v) is 6.77. The molecule has 0 unspecified atom stereocenters. The second-order valence-electron chi connectivity index (χ2n) is 5.03. The Morgan fingerprint density at radius 1 is 1.12 bits per heavy atom. The first-order valence-electron chi connectivity index (χ1n) is 7.30. The third-order valence-corrected chi connectivity index (χ3v) is 4.83. The van der Waals surface area contributed by atoms with Crippen LogP contribution in [0.1, 0.15) is 0 Å². The average molecular weight is 363 g/mol. The van der Waals surface area contributed by atoms with Crippen molar-refractivity contribution in [3.05, 3.63) is 71.0 Å². The van der Waals surface area contributed by atoms with Gasteiger partial charge in [-0.05, 0) is 24.3 Å². The third kappa shape index (κ3) is 3.80. The molecule has 0 saturated heterocycles. The number of nitrogens with zero attached hydrogens (tertiary/aromatic N) is 4. The molecule has 2 aromatic heterocycles. The van der Waals surface area contributed by atoms with Crippen molar-refractivity contribution >= 4 is 10.0 Å². The molecule has 10 heteroatoms. The third-order valence-electron chi connectivity index (χ3n) is 3.33. The summed E-state index contributed by atoms with van der Waals surface area (Å²) in [6.45, 7) is -0.131. The van der Waals surface area contributed by atoms with Crippen LogP contribution >= 0.6 is 0 Å². The van der Waals surface area contributed by atoms with Gasteiger partial charge in [0, 0.05) is 25.0 Å². The molecule has 1 N–H and O–H groups in total. The van der Waals surface area contributed by atoms with Gasteiger partial charge in [0.05, 0.1) is 6.54 Å². The highest BCUT2D eigenvalue weighted by atomic mass is 32.2. The standard InChI is InChI=1S/C15H14FN5O3S/c16-12-4-1-2-5-13(12)25(23,24)18-9-11-21-15(22)7-6-14(19-21)20-10-3-8-17-20/h1-8,10,18H,9,11H2. The smallest absolute Gasteiger partial charge is 0.266 e. The number of halogens is 1. The van der Waals surface area contributed by atoms with Gasteiger partial charge < -0.3 is 0 Å². The van der Waals surface area contributed by atoms with Crippen molar-refractivity contribution in [2.45, 2.75) is 11.4 Å². The highest BCUT2D eigenvalue weighted by Gasteiger charge is 2.17. The monoisotopic (exact) mass is 363 g/mol. The van der Waals surface area contributed by atoms with Gasteiger partial charge in [0.1, 0.15) is 10.7 Å². The summed E-state index contributed by atoms with van der Waals surface area (Å²) >= 11 is 0. The van der Waals surface area contributed by atoms with Gasteiger partial charge in [-0.25, -0.2) is 26.9 Å². The number of benzene rings is 1. The van der Waals surface area contributed by atoms with E-state index in [2.05, 4.69) is 14.9 Å². The average Bonchev–Trinajstić information content (AvgIpc) is 3.11. The van der Waals surface area contributed by atoms with E-state index in [0.717, 1.165) is 10.7 Å². The molecule has 0 radical (unpaired) electrons. The van der Waals surface area contributed by atoms with Crippen molar-refractivity contribution in [1.29, 1.82) is 0 Å². The Morgan fingerprint density at radius 2 is 1.92 bits per heavy atom. The van der Waals surface area contributed by atoms with Gasteiger partial charge in [0.25, 0.3) is 5.56 Å². The molecular weight excluding hydrogens is 349 g/mol. The highest BCUT2D eigenvalue weighted by Crippen LogP contribution is 2.12. The zero-order chi connectivity index (χ0) is 17.9. The molecule has 3 rings (SSSR count). The van der Waals surface area contributed by atoms with E-state index in [0.29, 0.717) is 5.82 Å². The van der Waals surface area contributed by atoms with Gasteiger partial charge >= 0.3 is 0 Å². The summed E-state index contributed by atoms with van der Waals surface area (Å²) in [6, 6.07) is 9.59. The van der Waals surface area contributed by atoms with Crippen LogP contribution in [0.15, 0.2) is 64.5 Å². The molecule has 130 valence electrons. The fraction of sp³-hybridized carbons (Fsp3) is 0.133. The molecule has 0 saturated carbocycles. The number of hydrogen-bond donors (Lipinski definition) is 1. The number of sulfonamides is 1. The van der Waals surface area contributed by atoms with E-state index < -0.39 is 20.7 Å². The molecule has 8 nitrogen and oxygen atoms in total. The molecule has 0 spiro atoms. The zero-order valence-electron chi connectivity index (χ0n) is 12.9. The van der Waals surface area contributed by atoms with Crippen molar-refractivity contribution in [2.75, 3.05) is 6.54 Å². The predicted molar refractivity (Wildman–Crippen MR) is 87.2 cm³/mol. The molecule has 0 atom stereocenters. The minimum atomic E-state index is -4.01. The molecule has 0 fully saturated rings. The van der Waals surface area contributed by atoms with Gasteiger partial charge in [-0.15, -0.1) is 5.10 Å². The Morgan fingerprint density at radius 3 is 2.64 bits per heavy atom. The molecule has 0 aliphatic carbocycles. The van der Waals surface area contributed by atoms with Crippen molar-refractivity contribution in [3.63, 3.8) is 0 Å². The van der Waals surface area contributed by atoms with E-state index in [1.54, 1.807) is 18.5 Å². The van der Waals surface area contributed by atoms with Gasteiger partial charge in [-0.2, -0.15) is 5.10 Å². The lowest BCUT2D eigenvalue weighted by Crippen LogP contribution is -2.32. The Bertz CT molecular complexity index is 1030. The van der Waals surface area contributed by atoms with Crippen LogP contribution in [0, 0.1) is 5.82 Å². The van der Waals surface area contributed by atoms with Crippen molar-refractivity contribution in [2.24, 2.45) is 0 Å². The molecule has 25 heavy (non-hydrogen) atoms. The van der Waals surface area contributed by atoms with Crippen LogP contribution in [0.25, 0.3) is 5.82 Å². The lowest BCUT2D eigenvalue weighted by atomic mass is 10.4. The number of hydrogen-bond acceptors (Lipinski definition) is 5. The van der Waals surface area contributed by atoms with E-state index in [-0.39, 0.29) is 18.6 Å². The minimum Gasteiger partial charge on any atom is -0.268 e. The SMILES string of the molecule is O=c1ccc(-n2cccn2)nn1CCNS(=O)(=O)c1ccccc1F. The summed E-state index contributed by atoms with van der Waals surface area (Å²) in [4.78, 5) is 11.4. The highest BCUT2D eigenvalue weighted by molar-refractivity contribution is 7.89. The predicted octanol–water partition coefficient (Wildman–Crippen LogP) is 0.547. The van der Waals surface area contributed by atoms with Crippen LogP contribution in [0.5, 0.6) is 0 Å². The van der Waals surface area contributed by atoms with Gasteiger partial charge in [0.15, 0.2) is 5.82 Å². The van der Waals surface area contributed by atoms with Crippen molar-refractivity contribution < 1.29 is 12.8 Å². The number of aromatic nitrogens is 4. The molecule has 1 aromatic carbocycles. The maximum Gasteiger partial charge on any atom is 0.266 e. The van der Waals surface area contributed by atoms with Crippen molar-refractivity contribution in [1.82, 2.24) is 24.3 Å². The Balaban J connectivity index is 1.73. The van der Waals surface area contributed by atoms with Crippen LogP contribution in [0.4, 0.5) is 4.39 Å². The minimum absolute atomic E-state index is 0.0123. The van der Waals surface area contributed by atoms with E-state index in [1.165, 1.54) is 35.0 Å². The molecule has 0 bridgehead atoms. The summed E-state index contributed by atoms with van der Waals surface area (Å²) in [7, 11) is -4.01. The largest absolute Gasteiger partial charge is 0.268 e. The summed E-state index contributed by atoms with van der Waals surface area (Å²) in [5.41, 5.74) is -0.388. The fourth-order valence-corrected chi connectivity index (χ4v) is 3.25. The second kappa shape index (κ2) is 6.95. The van der Waals surface area contributed by atoms with E-state index in [9.17, 15) is 17.6 Å². The first kappa shape index (κ1) is 17.0. The van der Waals surface area contributed by atoms with E-state index >= 15 is 0 Å². The van der Waals surface area contributed by atoms with E-state index in [4.69, 9.17) is 0 Å². The molecule has 2 heterocycles. The quantitative estimate of drug-likeness (QED) is 0.689. The van der Waals surface area contributed by atoms with Crippen LogP contribution in [-0.4, -0.2) is 34.5 Å². The first-order chi connectivity index (χ1) is 12.0. The maximum atomic E-state index is 13.6. The molecule has 0 amide bonds. The normalized spacial score (nSPS) is 11.6. The first-order valence-corrected chi connectivity index (χ1v) is 8.78. The van der Waals surface area contributed by atoms with Crippen LogP contribution < -0.4 is 10.3 Å². The van der Waals surface area contributed by atoms with Gasteiger partial charge in [0.2, 0.25) is 10.0 Å². The Kier molecular flexibility index (Phi) is 4.72. The molecular formula is C15H14FN5O3S. The molecule has 3 aromatic rings. The van der Waals surface area contributed by atoms with Gasteiger partial charge in [-0.3, -0.25) is 4.79 Å². The lowest BCUT2D eigenvalue weighted by molar-refractivity contribution is 0.533. The maximum absolute atomic E-state index is 13.6. The zero-order valence-corrected chi connectivity index (χ0v) is 13.7. The summed E-state index contributed by atoms with van der Waals surface area (Å²) < 4.78 is 42.7. The van der Waals surface area contributed by atoms with Gasteiger partial charge in [-0.1, -0.05) is 12.1 Å². The number of nitrogens with one attached hydrogen (secondary N) is 1. The summed E-state index contributed by atoms with van der Waals surface area (Å²) in [5, 5.41) is 8.13. The summed E-state index contributed by atoms with van der Waals surface area (Å²) in [6.07, 6.45) is 3.23. The number of rotatable bonds is 6. The summed E-state index contributed by atoms with van der Waals surface area (Å²) in [5.74, 6) is -0.424. The van der Waals surface area contributed by atoms with Crippen LogP contribution in [0.3, 0.4) is 0 Å². The molecule has 0 aliphatic rings. The topological polar surface area (TPSA) is 98.9 Å². The lowest BCUT2D eigenvalue weighted by Gasteiger charge is -2.09. The van der Waals surface area contributed by atoms with Crippen LogP contribution in [0.2, 0.25) is 0 Å². The van der Waals surface area contributed by atoms with Crippen LogP contribution in [-0.2, 0) is 16.6 Å². The molecule has 0 aliphatic heterocycles. The van der Waals surface area contributed by atoms with Crippen molar-refractivity contribution in [3.8, 4) is 5.82 Å². The Hall–Kier alpha value is -2.85. The Labute approximate surface area is 142 Å².